The van der Waals surface area contributed by atoms with Crippen molar-refractivity contribution < 1.29 is 9.53 Å². The monoisotopic (exact) mass is 464 g/mol. The molecule has 1 aromatic carbocycles. The van der Waals surface area contributed by atoms with Gasteiger partial charge in [-0.3, -0.25) is 14.5 Å². The van der Waals surface area contributed by atoms with Crippen LogP contribution < -0.4 is 10.3 Å². The Morgan fingerprint density at radius 3 is 2.41 bits per heavy atom. The zero-order chi connectivity index (χ0) is 23.7. The smallest absolute Gasteiger partial charge is 0.293 e. The molecular weight excluding hydrogens is 432 g/mol. The van der Waals surface area contributed by atoms with Gasteiger partial charge < -0.3 is 9.64 Å². The first-order valence-electron chi connectivity index (χ1n) is 12.2. The Hall–Kier alpha value is -3.20. The molecular formula is C25H32N6O3. The van der Waals surface area contributed by atoms with Crippen molar-refractivity contribution in [1.82, 2.24) is 29.2 Å². The quantitative estimate of drug-likeness (QED) is 0.576. The minimum Gasteiger partial charge on any atom is -0.497 e. The normalized spacial score (nSPS) is 17.9. The van der Waals surface area contributed by atoms with Gasteiger partial charge in [-0.1, -0.05) is 19.3 Å². The van der Waals surface area contributed by atoms with Gasteiger partial charge in [-0.15, -0.1) is 0 Å². The van der Waals surface area contributed by atoms with E-state index in [1.807, 2.05) is 29.2 Å². The number of amides is 1. The molecule has 1 amide bonds. The summed E-state index contributed by atoms with van der Waals surface area (Å²) in [5, 5.41) is 8.95. The molecule has 34 heavy (non-hydrogen) atoms. The van der Waals surface area contributed by atoms with Crippen LogP contribution in [0.5, 0.6) is 5.75 Å². The van der Waals surface area contributed by atoms with E-state index in [1.54, 1.807) is 24.6 Å². The van der Waals surface area contributed by atoms with Gasteiger partial charge in [0.2, 0.25) is 5.91 Å². The van der Waals surface area contributed by atoms with Crippen LogP contribution in [0.15, 0.2) is 35.1 Å². The molecule has 0 atom stereocenters. The topological polar surface area (TPSA) is 85.0 Å². The standard InChI is InChI=1S/C25H32N6O3/c1-18-26-30(17-24(32)29-14-12-28(13-15-29)20-6-4-3-5-7-20)25(33)23-16-22(27-31(18)23)19-8-10-21(34-2)11-9-19/h8-11,16,20H,3-7,12-15,17H2,1-2H3. The van der Waals surface area contributed by atoms with Gasteiger partial charge >= 0.3 is 0 Å². The molecule has 0 N–H and O–H groups in total. The molecule has 5 rings (SSSR count). The number of piperazine rings is 1. The highest BCUT2D eigenvalue weighted by Gasteiger charge is 2.27. The molecule has 1 aliphatic carbocycles. The van der Waals surface area contributed by atoms with E-state index in [-0.39, 0.29) is 18.0 Å². The van der Waals surface area contributed by atoms with Gasteiger partial charge in [0.15, 0.2) is 0 Å². The number of rotatable bonds is 5. The van der Waals surface area contributed by atoms with E-state index < -0.39 is 0 Å². The van der Waals surface area contributed by atoms with E-state index >= 15 is 0 Å². The molecule has 1 aliphatic heterocycles. The molecule has 3 aromatic rings. The molecule has 180 valence electrons. The molecule has 0 radical (unpaired) electrons. The highest BCUT2D eigenvalue weighted by atomic mass is 16.5. The van der Waals surface area contributed by atoms with Crippen LogP contribution in [0, 0.1) is 6.92 Å². The number of aromatic nitrogens is 4. The fourth-order valence-electron chi connectivity index (χ4n) is 5.20. The zero-order valence-corrected chi connectivity index (χ0v) is 19.9. The van der Waals surface area contributed by atoms with Gasteiger partial charge in [0, 0.05) is 37.8 Å². The molecule has 0 spiro atoms. The third kappa shape index (κ3) is 4.44. The van der Waals surface area contributed by atoms with Gasteiger partial charge in [-0.2, -0.15) is 10.2 Å². The fourth-order valence-corrected chi connectivity index (χ4v) is 5.20. The number of methoxy groups -OCH3 is 1. The van der Waals surface area contributed by atoms with Crippen LogP contribution in [0.1, 0.15) is 37.9 Å². The molecule has 2 aliphatic rings. The number of aryl methyl sites for hydroxylation is 1. The molecule has 9 nitrogen and oxygen atoms in total. The number of fused-ring (bicyclic) bond motifs is 1. The average molecular weight is 465 g/mol. The van der Waals surface area contributed by atoms with E-state index in [0.29, 0.717) is 36.2 Å². The SMILES string of the molecule is COc1ccc(-c2cc3c(=O)n(CC(=O)N4CCN(C5CCCCC5)CC4)nc(C)n3n2)cc1. The van der Waals surface area contributed by atoms with Crippen molar-refractivity contribution in [2.24, 2.45) is 0 Å². The van der Waals surface area contributed by atoms with Crippen LogP contribution in [0.2, 0.25) is 0 Å². The third-order valence-electron chi connectivity index (χ3n) is 7.16. The largest absolute Gasteiger partial charge is 0.497 e. The van der Waals surface area contributed by atoms with Crippen molar-refractivity contribution in [1.29, 1.82) is 0 Å². The lowest BCUT2D eigenvalue weighted by Crippen LogP contribution is -2.53. The van der Waals surface area contributed by atoms with E-state index in [4.69, 9.17) is 4.74 Å². The molecule has 3 heterocycles. The summed E-state index contributed by atoms with van der Waals surface area (Å²) >= 11 is 0. The Balaban J connectivity index is 1.30. The number of carbonyl (C=O) groups excluding carboxylic acids is 1. The highest BCUT2D eigenvalue weighted by Crippen LogP contribution is 2.24. The van der Waals surface area contributed by atoms with Gasteiger partial charge in [0.05, 0.1) is 12.8 Å². The summed E-state index contributed by atoms with van der Waals surface area (Å²) < 4.78 is 8.04. The summed E-state index contributed by atoms with van der Waals surface area (Å²) in [6.07, 6.45) is 6.52. The first kappa shape index (κ1) is 22.6. The minimum absolute atomic E-state index is 0.0529. The maximum atomic E-state index is 13.1. The number of nitrogens with zero attached hydrogens (tertiary/aromatic N) is 6. The summed E-state index contributed by atoms with van der Waals surface area (Å²) in [5.74, 6) is 1.26. The highest BCUT2D eigenvalue weighted by molar-refractivity contribution is 5.76. The van der Waals surface area contributed by atoms with Crippen LogP contribution in [-0.2, 0) is 11.3 Å². The average Bonchev–Trinajstić information content (AvgIpc) is 3.34. The lowest BCUT2D eigenvalue weighted by atomic mass is 9.94. The Bertz CT molecular complexity index is 1220. The Morgan fingerprint density at radius 1 is 1.03 bits per heavy atom. The van der Waals surface area contributed by atoms with Crippen molar-refractivity contribution in [2.75, 3.05) is 33.3 Å². The van der Waals surface area contributed by atoms with Gasteiger partial charge in [0.25, 0.3) is 5.56 Å². The molecule has 2 aromatic heterocycles. The number of hydrogen-bond donors (Lipinski definition) is 0. The van der Waals surface area contributed by atoms with Crippen LogP contribution in [-0.4, -0.2) is 74.4 Å². The maximum Gasteiger partial charge on any atom is 0.293 e. The first-order valence-corrected chi connectivity index (χ1v) is 12.2. The molecule has 2 fully saturated rings. The van der Waals surface area contributed by atoms with Crippen molar-refractivity contribution >= 4 is 11.4 Å². The second kappa shape index (κ2) is 9.58. The predicted octanol–water partition coefficient (Wildman–Crippen LogP) is 2.35. The van der Waals surface area contributed by atoms with Crippen LogP contribution in [0.25, 0.3) is 16.8 Å². The predicted molar refractivity (Wildman–Crippen MR) is 129 cm³/mol. The third-order valence-corrected chi connectivity index (χ3v) is 7.16. The summed E-state index contributed by atoms with van der Waals surface area (Å²) in [4.78, 5) is 30.6. The number of carbonyl (C=O) groups is 1. The number of ether oxygens (including phenoxy) is 1. The van der Waals surface area contributed by atoms with Crippen molar-refractivity contribution in [3.05, 3.63) is 46.5 Å². The molecule has 0 unspecified atom stereocenters. The second-order valence-corrected chi connectivity index (χ2v) is 9.27. The summed E-state index contributed by atoms with van der Waals surface area (Å²) in [6, 6.07) is 9.94. The van der Waals surface area contributed by atoms with Crippen LogP contribution in [0.3, 0.4) is 0 Å². The van der Waals surface area contributed by atoms with E-state index in [1.165, 1.54) is 36.8 Å². The molecule has 9 heteroatoms. The van der Waals surface area contributed by atoms with Crippen molar-refractivity contribution in [3.63, 3.8) is 0 Å². The Kier molecular flexibility index (Phi) is 6.36. The van der Waals surface area contributed by atoms with E-state index in [9.17, 15) is 9.59 Å². The fraction of sp³-hybridized carbons (Fsp3) is 0.520. The lowest BCUT2D eigenvalue weighted by molar-refractivity contribution is -0.134. The van der Waals surface area contributed by atoms with Gasteiger partial charge in [0.1, 0.15) is 23.6 Å². The minimum atomic E-state index is -0.313. The lowest BCUT2D eigenvalue weighted by Gasteiger charge is -2.40. The Labute approximate surface area is 198 Å². The zero-order valence-electron chi connectivity index (χ0n) is 19.9. The molecule has 1 saturated carbocycles. The van der Waals surface area contributed by atoms with Crippen molar-refractivity contribution in [3.8, 4) is 17.0 Å². The van der Waals surface area contributed by atoms with Gasteiger partial charge in [-0.25, -0.2) is 9.20 Å². The van der Waals surface area contributed by atoms with Gasteiger partial charge in [-0.05, 0) is 50.1 Å². The summed E-state index contributed by atoms with van der Waals surface area (Å²) in [5.41, 5.74) is 1.65. The van der Waals surface area contributed by atoms with Crippen LogP contribution >= 0.6 is 0 Å². The Morgan fingerprint density at radius 2 is 1.74 bits per heavy atom. The second-order valence-electron chi connectivity index (χ2n) is 9.27. The van der Waals surface area contributed by atoms with Crippen LogP contribution in [0.4, 0.5) is 0 Å². The maximum absolute atomic E-state index is 13.1. The van der Waals surface area contributed by atoms with E-state index in [2.05, 4.69) is 15.1 Å². The molecule has 0 bridgehead atoms. The summed E-state index contributed by atoms with van der Waals surface area (Å²) in [6.45, 7) is 4.97. The molecule has 1 saturated heterocycles. The number of benzene rings is 1. The number of hydrogen-bond acceptors (Lipinski definition) is 6. The first-order chi connectivity index (χ1) is 16.5. The van der Waals surface area contributed by atoms with Crippen molar-refractivity contribution in [2.45, 2.75) is 51.6 Å². The van der Waals surface area contributed by atoms with E-state index in [0.717, 1.165) is 24.4 Å². The summed E-state index contributed by atoms with van der Waals surface area (Å²) in [7, 11) is 1.62.